The first-order valence-electron chi connectivity index (χ1n) is 6.01. The summed E-state index contributed by atoms with van der Waals surface area (Å²) >= 11 is 0. The molecule has 0 saturated carbocycles. The van der Waals surface area contributed by atoms with Crippen LogP contribution in [0.25, 0.3) is 0 Å². The van der Waals surface area contributed by atoms with Crippen LogP contribution in [0.15, 0.2) is 0 Å². The maximum absolute atomic E-state index is 3.53. The van der Waals surface area contributed by atoms with Gasteiger partial charge in [-0.3, -0.25) is 4.90 Å². The van der Waals surface area contributed by atoms with E-state index in [0.717, 1.165) is 18.5 Å². The molecular formula is C12H26N2. The lowest BCUT2D eigenvalue weighted by Gasteiger charge is -2.42. The largest absolute Gasteiger partial charge is 0.311 e. The van der Waals surface area contributed by atoms with E-state index in [4.69, 9.17) is 0 Å². The predicted octanol–water partition coefficient (Wildman–Crippen LogP) is 2.10. The standard InChI is InChI=1S/C12H26N2/c1-9(2)8-10(3)14-7-6-13-11(4)12(14)5/h9-13H,6-8H2,1-5H3. The molecule has 0 aromatic rings. The number of hydrogen-bond acceptors (Lipinski definition) is 2. The van der Waals surface area contributed by atoms with Crippen molar-refractivity contribution in [3.63, 3.8) is 0 Å². The van der Waals surface area contributed by atoms with Crippen LogP contribution in [-0.2, 0) is 0 Å². The Morgan fingerprint density at radius 1 is 1.29 bits per heavy atom. The fourth-order valence-electron chi connectivity index (χ4n) is 2.52. The quantitative estimate of drug-likeness (QED) is 0.747. The molecule has 1 saturated heterocycles. The van der Waals surface area contributed by atoms with E-state index < -0.39 is 0 Å². The second-order valence-electron chi connectivity index (χ2n) is 5.20. The highest BCUT2D eigenvalue weighted by Crippen LogP contribution is 2.17. The molecule has 1 rings (SSSR count). The van der Waals surface area contributed by atoms with Crippen LogP contribution in [-0.4, -0.2) is 36.1 Å². The summed E-state index contributed by atoms with van der Waals surface area (Å²) in [6, 6.07) is 2.05. The van der Waals surface area contributed by atoms with E-state index >= 15 is 0 Å². The van der Waals surface area contributed by atoms with E-state index in [1.807, 2.05) is 0 Å². The number of piperazine rings is 1. The van der Waals surface area contributed by atoms with E-state index in [2.05, 4.69) is 44.8 Å². The Hall–Kier alpha value is -0.0800. The summed E-state index contributed by atoms with van der Waals surface area (Å²) in [4.78, 5) is 2.65. The third kappa shape index (κ3) is 2.96. The minimum atomic E-state index is 0.637. The molecule has 0 aromatic carbocycles. The first kappa shape index (κ1) is 12.0. The van der Waals surface area contributed by atoms with Gasteiger partial charge in [0.2, 0.25) is 0 Å². The van der Waals surface area contributed by atoms with E-state index in [-0.39, 0.29) is 0 Å². The van der Waals surface area contributed by atoms with Crippen molar-refractivity contribution in [1.82, 2.24) is 10.2 Å². The fraction of sp³-hybridized carbons (Fsp3) is 1.00. The molecular weight excluding hydrogens is 172 g/mol. The van der Waals surface area contributed by atoms with Gasteiger partial charge in [0.25, 0.3) is 0 Å². The molecule has 3 unspecified atom stereocenters. The van der Waals surface area contributed by atoms with Crippen LogP contribution < -0.4 is 5.32 Å². The van der Waals surface area contributed by atoms with Crippen LogP contribution in [0.4, 0.5) is 0 Å². The topological polar surface area (TPSA) is 15.3 Å². The van der Waals surface area contributed by atoms with E-state index in [1.54, 1.807) is 0 Å². The van der Waals surface area contributed by atoms with Gasteiger partial charge >= 0.3 is 0 Å². The number of rotatable bonds is 3. The molecule has 0 aliphatic carbocycles. The third-order valence-electron chi connectivity index (χ3n) is 3.46. The summed E-state index contributed by atoms with van der Waals surface area (Å²) in [6.07, 6.45) is 1.32. The Labute approximate surface area is 89.1 Å². The highest BCUT2D eigenvalue weighted by Gasteiger charge is 2.27. The van der Waals surface area contributed by atoms with Crippen molar-refractivity contribution in [2.24, 2.45) is 5.92 Å². The number of hydrogen-bond donors (Lipinski definition) is 1. The van der Waals surface area contributed by atoms with Crippen molar-refractivity contribution >= 4 is 0 Å². The van der Waals surface area contributed by atoms with Gasteiger partial charge in [-0.15, -0.1) is 0 Å². The number of nitrogens with zero attached hydrogens (tertiary/aromatic N) is 1. The van der Waals surface area contributed by atoms with Gasteiger partial charge in [0.05, 0.1) is 0 Å². The first-order valence-corrected chi connectivity index (χ1v) is 6.01. The molecule has 1 heterocycles. The molecule has 2 heteroatoms. The normalized spacial score (nSPS) is 32.1. The van der Waals surface area contributed by atoms with Crippen LogP contribution in [0.1, 0.15) is 41.0 Å². The van der Waals surface area contributed by atoms with Crippen molar-refractivity contribution < 1.29 is 0 Å². The van der Waals surface area contributed by atoms with Crippen LogP contribution in [0.5, 0.6) is 0 Å². The summed E-state index contributed by atoms with van der Waals surface area (Å²) in [5.41, 5.74) is 0. The van der Waals surface area contributed by atoms with Gasteiger partial charge in [0.15, 0.2) is 0 Å². The average Bonchev–Trinajstić information content (AvgIpc) is 2.08. The van der Waals surface area contributed by atoms with E-state index in [0.29, 0.717) is 12.1 Å². The summed E-state index contributed by atoms with van der Waals surface area (Å²) in [6.45, 7) is 14.0. The molecule has 84 valence electrons. The summed E-state index contributed by atoms with van der Waals surface area (Å²) in [7, 11) is 0. The molecule has 0 amide bonds. The molecule has 2 nitrogen and oxygen atoms in total. The van der Waals surface area contributed by atoms with Gasteiger partial charge in [0, 0.05) is 31.2 Å². The van der Waals surface area contributed by atoms with Gasteiger partial charge in [-0.2, -0.15) is 0 Å². The molecule has 0 bridgehead atoms. The van der Waals surface area contributed by atoms with E-state index in [9.17, 15) is 0 Å². The lowest BCUT2D eigenvalue weighted by molar-refractivity contribution is 0.0861. The lowest BCUT2D eigenvalue weighted by Crippen LogP contribution is -2.58. The van der Waals surface area contributed by atoms with Gasteiger partial charge in [0.1, 0.15) is 0 Å². The Bertz CT molecular complexity index is 168. The second-order valence-corrected chi connectivity index (χ2v) is 5.20. The maximum Gasteiger partial charge on any atom is 0.0221 e. The number of nitrogens with one attached hydrogen (secondary N) is 1. The minimum Gasteiger partial charge on any atom is -0.311 e. The summed E-state index contributed by atoms with van der Waals surface area (Å²) in [5.74, 6) is 0.808. The zero-order valence-electron chi connectivity index (χ0n) is 10.4. The highest BCUT2D eigenvalue weighted by atomic mass is 15.2. The van der Waals surface area contributed by atoms with Gasteiger partial charge < -0.3 is 5.32 Å². The fourth-order valence-corrected chi connectivity index (χ4v) is 2.52. The zero-order chi connectivity index (χ0) is 10.7. The maximum atomic E-state index is 3.53. The molecule has 3 atom stereocenters. The summed E-state index contributed by atoms with van der Waals surface area (Å²) in [5, 5.41) is 3.53. The highest BCUT2D eigenvalue weighted by molar-refractivity contribution is 4.86. The molecule has 1 aliphatic rings. The molecule has 1 fully saturated rings. The van der Waals surface area contributed by atoms with Crippen molar-refractivity contribution in [3.8, 4) is 0 Å². The SMILES string of the molecule is CC(C)CC(C)N1CCNC(C)C1C. The van der Waals surface area contributed by atoms with Gasteiger partial charge in [-0.25, -0.2) is 0 Å². The third-order valence-corrected chi connectivity index (χ3v) is 3.46. The van der Waals surface area contributed by atoms with E-state index in [1.165, 1.54) is 13.0 Å². The molecule has 1 aliphatic heterocycles. The smallest absolute Gasteiger partial charge is 0.0221 e. The van der Waals surface area contributed by atoms with Crippen molar-refractivity contribution in [2.75, 3.05) is 13.1 Å². The van der Waals surface area contributed by atoms with Crippen molar-refractivity contribution in [2.45, 2.75) is 59.2 Å². The monoisotopic (exact) mass is 198 g/mol. The van der Waals surface area contributed by atoms with Gasteiger partial charge in [-0.05, 0) is 33.1 Å². The van der Waals surface area contributed by atoms with Gasteiger partial charge in [-0.1, -0.05) is 13.8 Å². The molecule has 1 N–H and O–H groups in total. The Morgan fingerprint density at radius 2 is 1.93 bits per heavy atom. The van der Waals surface area contributed by atoms with Crippen LogP contribution >= 0.6 is 0 Å². The first-order chi connectivity index (χ1) is 6.52. The molecule has 0 aromatic heterocycles. The second kappa shape index (κ2) is 5.13. The lowest BCUT2D eigenvalue weighted by atomic mass is 9.99. The molecule has 14 heavy (non-hydrogen) atoms. The van der Waals surface area contributed by atoms with Crippen LogP contribution in [0.2, 0.25) is 0 Å². The van der Waals surface area contributed by atoms with Crippen LogP contribution in [0.3, 0.4) is 0 Å². The molecule has 0 spiro atoms. The van der Waals surface area contributed by atoms with Crippen molar-refractivity contribution in [1.29, 1.82) is 0 Å². The Balaban J connectivity index is 2.48. The zero-order valence-corrected chi connectivity index (χ0v) is 10.4. The van der Waals surface area contributed by atoms with Crippen molar-refractivity contribution in [3.05, 3.63) is 0 Å². The average molecular weight is 198 g/mol. The Kier molecular flexibility index (Phi) is 4.39. The summed E-state index contributed by atoms with van der Waals surface area (Å²) < 4.78 is 0. The minimum absolute atomic E-state index is 0.637. The molecule has 0 radical (unpaired) electrons. The van der Waals surface area contributed by atoms with Crippen LogP contribution in [0, 0.1) is 5.92 Å². The Morgan fingerprint density at radius 3 is 2.50 bits per heavy atom. The predicted molar refractivity (Wildman–Crippen MR) is 62.5 cm³/mol.